The third kappa shape index (κ3) is 4.60. The number of carbonyl (C=O) groups is 1. The van der Waals surface area contributed by atoms with E-state index in [2.05, 4.69) is 0 Å². The molecule has 0 amide bonds. The van der Waals surface area contributed by atoms with Crippen molar-refractivity contribution in [1.29, 1.82) is 0 Å². The van der Waals surface area contributed by atoms with Gasteiger partial charge in [-0.25, -0.2) is 8.42 Å². The lowest BCUT2D eigenvalue weighted by atomic mass is 10.1. The van der Waals surface area contributed by atoms with Gasteiger partial charge in [0.05, 0.1) is 4.90 Å². The van der Waals surface area contributed by atoms with Gasteiger partial charge in [0.15, 0.2) is 0 Å². The molecule has 134 valence electrons. The molecule has 0 saturated heterocycles. The minimum atomic E-state index is -3.80. The Kier molecular flexibility index (Phi) is 5.87. The van der Waals surface area contributed by atoms with Crippen LogP contribution in [0.1, 0.15) is 16.7 Å². The van der Waals surface area contributed by atoms with Crippen molar-refractivity contribution < 1.29 is 17.9 Å². The highest BCUT2D eigenvalue weighted by atomic mass is 35.5. The molecule has 0 spiro atoms. The molecule has 0 aliphatic carbocycles. The van der Waals surface area contributed by atoms with Crippen LogP contribution in [-0.2, 0) is 14.8 Å². The van der Waals surface area contributed by atoms with Crippen molar-refractivity contribution in [2.24, 2.45) is 0 Å². The number of sulfonamides is 1. The molecule has 0 saturated carbocycles. The molecule has 0 N–H and O–H groups in total. The van der Waals surface area contributed by atoms with Crippen LogP contribution in [-0.4, -0.2) is 32.3 Å². The van der Waals surface area contributed by atoms with E-state index < -0.39 is 22.5 Å². The van der Waals surface area contributed by atoms with E-state index >= 15 is 0 Å². The van der Waals surface area contributed by atoms with E-state index in [0.29, 0.717) is 10.8 Å². The zero-order chi connectivity index (χ0) is 18.8. The summed E-state index contributed by atoms with van der Waals surface area (Å²) in [4.78, 5) is 12.3. The first-order valence-corrected chi connectivity index (χ1v) is 9.43. The van der Waals surface area contributed by atoms with Crippen molar-refractivity contribution >= 4 is 27.6 Å². The molecule has 0 heterocycles. The number of likely N-dealkylation sites (N-methyl/N-ethyl adjacent to an activating group) is 1. The Hall–Kier alpha value is -1.89. The van der Waals surface area contributed by atoms with Crippen molar-refractivity contribution in [2.45, 2.75) is 25.7 Å². The monoisotopic (exact) mass is 381 g/mol. The van der Waals surface area contributed by atoms with Crippen LogP contribution >= 0.6 is 11.6 Å². The molecule has 0 radical (unpaired) electrons. The highest BCUT2D eigenvalue weighted by molar-refractivity contribution is 7.89. The summed E-state index contributed by atoms with van der Waals surface area (Å²) >= 11 is 5.77. The molecule has 0 aromatic heterocycles. The van der Waals surface area contributed by atoms with Crippen molar-refractivity contribution in [3.8, 4) is 5.75 Å². The average Bonchev–Trinajstić information content (AvgIpc) is 2.51. The van der Waals surface area contributed by atoms with E-state index in [0.717, 1.165) is 21.0 Å². The Bertz CT molecular complexity index is 869. The Balaban J connectivity index is 2.14. The summed E-state index contributed by atoms with van der Waals surface area (Å²) in [6.07, 6.45) is 0. The number of ether oxygens (including phenoxy) is 1. The Morgan fingerprint density at radius 1 is 1.08 bits per heavy atom. The van der Waals surface area contributed by atoms with Gasteiger partial charge in [0.25, 0.3) is 0 Å². The van der Waals surface area contributed by atoms with Crippen LogP contribution in [0.4, 0.5) is 0 Å². The van der Waals surface area contributed by atoms with Gasteiger partial charge >= 0.3 is 5.97 Å². The van der Waals surface area contributed by atoms with Crippen molar-refractivity contribution in [3.05, 3.63) is 58.1 Å². The van der Waals surface area contributed by atoms with Crippen molar-refractivity contribution in [1.82, 2.24) is 4.31 Å². The summed E-state index contributed by atoms with van der Waals surface area (Å²) in [5.41, 5.74) is 2.72. The smallest absolute Gasteiger partial charge is 0.326 e. The van der Waals surface area contributed by atoms with Gasteiger partial charge in [-0.3, -0.25) is 4.79 Å². The summed E-state index contributed by atoms with van der Waals surface area (Å²) < 4.78 is 31.3. The second kappa shape index (κ2) is 7.56. The molecule has 0 fully saturated rings. The van der Waals surface area contributed by atoms with E-state index in [1.807, 2.05) is 32.9 Å². The predicted molar refractivity (Wildman–Crippen MR) is 97.6 cm³/mol. The quantitative estimate of drug-likeness (QED) is 0.587. The molecule has 2 aromatic carbocycles. The second-order valence-corrected chi connectivity index (χ2v) is 8.40. The largest absolute Gasteiger partial charge is 0.425 e. The van der Waals surface area contributed by atoms with Gasteiger partial charge < -0.3 is 4.74 Å². The molecule has 0 bridgehead atoms. The van der Waals surface area contributed by atoms with Gasteiger partial charge in [-0.15, -0.1) is 0 Å². The number of halogens is 1. The highest BCUT2D eigenvalue weighted by Gasteiger charge is 2.24. The molecule has 0 aliphatic rings. The standard InChI is InChI=1S/C18H20ClNO4S/c1-12-9-13(2)18(14(3)10-12)24-17(21)11-20(4)25(22,23)16-7-5-15(19)6-8-16/h5-10H,11H2,1-4H3. The summed E-state index contributed by atoms with van der Waals surface area (Å²) in [5.74, 6) is -0.178. The van der Waals surface area contributed by atoms with Gasteiger partial charge in [0.2, 0.25) is 10.0 Å². The Labute approximate surface area is 153 Å². The molecule has 7 heteroatoms. The van der Waals surface area contributed by atoms with E-state index in [4.69, 9.17) is 16.3 Å². The number of carbonyl (C=O) groups excluding carboxylic acids is 1. The van der Waals surface area contributed by atoms with Crippen molar-refractivity contribution in [2.75, 3.05) is 13.6 Å². The molecular weight excluding hydrogens is 362 g/mol. The molecular formula is C18H20ClNO4S. The fourth-order valence-electron chi connectivity index (χ4n) is 2.53. The lowest BCUT2D eigenvalue weighted by molar-refractivity contribution is -0.134. The number of esters is 1. The van der Waals surface area contributed by atoms with Gasteiger partial charge in [0.1, 0.15) is 12.3 Å². The summed E-state index contributed by atoms with van der Waals surface area (Å²) in [6.45, 7) is 5.25. The maximum absolute atomic E-state index is 12.5. The van der Waals surface area contributed by atoms with Gasteiger partial charge in [-0.05, 0) is 56.2 Å². The molecule has 0 unspecified atom stereocenters. The molecule has 25 heavy (non-hydrogen) atoms. The first-order valence-electron chi connectivity index (χ1n) is 7.61. The number of benzene rings is 2. The van der Waals surface area contributed by atoms with Crippen LogP contribution < -0.4 is 4.74 Å². The lowest BCUT2D eigenvalue weighted by Crippen LogP contribution is -2.34. The maximum Gasteiger partial charge on any atom is 0.326 e. The van der Waals surface area contributed by atoms with Crippen LogP contribution in [0.3, 0.4) is 0 Å². The zero-order valence-corrected chi connectivity index (χ0v) is 16.1. The number of hydrogen-bond acceptors (Lipinski definition) is 4. The van der Waals surface area contributed by atoms with Crippen LogP contribution in [0.5, 0.6) is 5.75 Å². The minimum absolute atomic E-state index is 0.0647. The number of rotatable bonds is 5. The molecule has 0 atom stereocenters. The van der Waals surface area contributed by atoms with Gasteiger partial charge in [-0.1, -0.05) is 29.3 Å². The Morgan fingerprint density at radius 3 is 2.12 bits per heavy atom. The maximum atomic E-state index is 12.5. The first-order chi connectivity index (χ1) is 11.6. The van der Waals surface area contributed by atoms with Crippen molar-refractivity contribution in [3.63, 3.8) is 0 Å². The average molecular weight is 382 g/mol. The summed E-state index contributed by atoms with van der Waals surface area (Å²) in [5, 5.41) is 0.436. The second-order valence-electron chi connectivity index (χ2n) is 5.92. The number of aryl methyl sites for hydroxylation is 3. The predicted octanol–water partition coefficient (Wildman–Crippen LogP) is 3.49. The van der Waals surface area contributed by atoms with Crippen LogP contribution in [0, 0.1) is 20.8 Å². The highest BCUT2D eigenvalue weighted by Crippen LogP contribution is 2.25. The lowest BCUT2D eigenvalue weighted by Gasteiger charge is -2.17. The Morgan fingerprint density at radius 2 is 1.60 bits per heavy atom. The zero-order valence-electron chi connectivity index (χ0n) is 14.5. The van der Waals surface area contributed by atoms with Crippen LogP contribution in [0.2, 0.25) is 5.02 Å². The third-order valence-electron chi connectivity index (χ3n) is 3.69. The van der Waals surface area contributed by atoms with E-state index in [-0.39, 0.29) is 4.90 Å². The summed E-state index contributed by atoms with van der Waals surface area (Å²) in [7, 11) is -2.46. The minimum Gasteiger partial charge on any atom is -0.425 e. The topological polar surface area (TPSA) is 63.7 Å². The van der Waals surface area contributed by atoms with Gasteiger partial charge in [-0.2, -0.15) is 4.31 Å². The molecule has 5 nitrogen and oxygen atoms in total. The number of hydrogen-bond donors (Lipinski definition) is 0. The fourth-order valence-corrected chi connectivity index (χ4v) is 3.77. The van der Waals surface area contributed by atoms with E-state index in [1.165, 1.54) is 31.3 Å². The first kappa shape index (κ1) is 19.4. The number of nitrogens with zero attached hydrogens (tertiary/aromatic N) is 1. The summed E-state index contributed by atoms with van der Waals surface area (Å²) in [6, 6.07) is 9.58. The third-order valence-corrected chi connectivity index (χ3v) is 5.76. The van der Waals surface area contributed by atoms with Crippen LogP contribution in [0.25, 0.3) is 0 Å². The normalized spacial score (nSPS) is 11.6. The molecule has 2 aromatic rings. The molecule has 2 rings (SSSR count). The molecule has 0 aliphatic heterocycles. The van der Waals surface area contributed by atoms with E-state index in [9.17, 15) is 13.2 Å². The van der Waals surface area contributed by atoms with E-state index in [1.54, 1.807) is 0 Å². The fraction of sp³-hybridized carbons (Fsp3) is 0.278. The van der Waals surface area contributed by atoms with Gasteiger partial charge in [0, 0.05) is 12.1 Å². The van der Waals surface area contributed by atoms with Crippen LogP contribution in [0.15, 0.2) is 41.3 Å². The SMILES string of the molecule is Cc1cc(C)c(OC(=O)CN(C)S(=O)(=O)c2ccc(Cl)cc2)c(C)c1.